The molecule has 7 nitrogen and oxygen atoms in total. The second kappa shape index (κ2) is 9.12. The number of sulfonamides is 1. The summed E-state index contributed by atoms with van der Waals surface area (Å²) in [6.45, 7) is 1.00. The number of carbonyl (C=O) groups excluding carboxylic acids is 2. The van der Waals surface area contributed by atoms with Gasteiger partial charge in [0.15, 0.2) is 6.61 Å². The van der Waals surface area contributed by atoms with Crippen LogP contribution in [-0.2, 0) is 19.6 Å². The van der Waals surface area contributed by atoms with Crippen molar-refractivity contribution in [2.75, 3.05) is 19.7 Å². The maximum Gasteiger partial charge on any atom is 0.406 e. The van der Waals surface area contributed by atoms with Gasteiger partial charge in [-0.2, -0.15) is 13.2 Å². The standard InChI is InChI=1S/C18H23F3N2O5S/c1-3-22-29(26,27)15-6-4-5-14(9-15)17(25)28-10-16(24)23(11-18(19,20)21)12(2)13-7-8-13/h4-6,9,12-13,22H,3,7-8,10-11H2,1-2H3. The lowest BCUT2D eigenvalue weighted by Crippen LogP contribution is -2.47. The first-order chi connectivity index (χ1) is 13.4. The van der Waals surface area contributed by atoms with Crippen LogP contribution in [0.15, 0.2) is 29.2 Å². The first-order valence-corrected chi connectivity index (χ1v) is 10.6. The van der Waals surface area contributed by atoms with Gasteiger partial charge in [-0.15, -0.1) is 0 Å². The quantitative estimate of drug-likeness (QED) is 0.600. The summed E-state index contributed by atoms with van der Waals surface area (Å²) in [6, 6.07) is 4.36. The molecule has 29 heavy (non-hydrogen) atoms. The fraction of sp³-hybridized carbons (Fsp3) is 0.556. The van der Waals surface area contributed by atoms with Crippen molar-refractivity contribution in [2.45, 2.75) is 43.8 Å². The normalized spacial score (nSPS) is 15.6. The van der Waals surface area contributed by atoms with Gasteiger partial charge < -0.3 is 9.64 Å². The number of nitrogens with one attached hydrogen (secondary N) is 1. The molecule has 0 saturated heterocycles. The van der Waals surface area contributed by atoms with Crippen molar-refractivity contribution >= 4 is 21.9 Å². The average Bonchev–Trinajstić information content (AvgIpc) is 3.48. The van der Waals surface area contributed by atoms with Crippen molar-refractivity contribution in [2.24, 2.45) is 5.92 Å². The van der Waals surface area contributed by atoms with E-state index in [0.717, 1.165) is 18.9 Å². The molecule has 0 radical (unpaired) electrons. The van der Waals surface area contributed by atoms with Crippen LogP contribution in [0.3, 0.4) is 0 Å². The highest BCUT2D eigenvalue weighted by Crippen LogP contribution is 2.36. The summed E-state index contributed by atoms with van der Waals surface area (Å²) in [5.74, 6) is -1.95. The zero-order valence-corrected chi connectivity index (χ0v) is 16.8. The summed E-state index contributed by atoms with van der Waals surface area (Å²) in [5.41, 5.74) is -0.130. The highest BCUT2D eigenvalue weighted by atomic mass is 32.2. The lowest BCUT2D eigenvalue weighted by atomic mass is 10.2. The first-order valence-electron chi connectivity index (χ1n) is 9.07. The minimum Gasteiger partial charge on any atom is -0.452 e. The molecule has 1 amide bonds. The molecule has 1 aliphatic rings. The van der Waals surface area contributed by atoms with Crippen LogP contribution in [0.4, 0.5) is 13.2 Å². The molecule has 0 bridgehead atoms. The van der Waals surface area contributed by atoms with Gasteiger partial charge in [0.2, 0.25) is 10.0 Å². The monoisotopic (exact) mass is 436 g/mol. The van der Waals surface area contributed by atoms with Crippen LogP contribution in [0.5, 0.6) is 0 Å². The number of hydrogen-bond donors (Lipinski definition) is 1. The fourth-order valence-corrected chi connectivity index (χ4v) is 3.93. The van der Waals surface area contributed by atoms with Crippen LogP contribution in [0.2, 0.25) is 0 Å². The molecule has 11 heteroatoms. The van der Waals surface area contributed by atoms with E-state index in [1.165, 1.54) is 25.1 Å². The molecular weight excluding hydrogens is 413 g/mol. The Morgan fingerprint density at radius 1 is 1.31 bits per heavy atom. The predicted octanol–water partition coefficient (Wildman–Crippen LogP) is 2.33. The van der Waals surface area contributed by atoms with Gasteiger partial charge in [-0.1, -0.05) is 13.0 Å². The smallest absolute Gasteiger partial charge is 0.406 e. The summed E-state index contributed by atoms with van der Waals surface area (Å²) >= 11 is 0. The summed E-state index contributed by atoms with van der Waals surface area (Å²) < 4.78 is 69.6. The highest BCUT2D eigenvalue weighted by Gasteiger charge is 2.40. The predicted molar refractivity (Wildman–Crippen MR) is 97.5 cm³/mol. The molecule has 1 fully saturated rings. The molecule has 1 N–H and O–H groups in total. The maximum absolute atomic E-state index is 12.8. The van der Waals surface area contributed by atoms with Gasteiger partial charge >= 0.3 is 12.1 Å². The largest absolute Gasteiger partial charge is 0.452 e. The van der Waals surface area contributed by atoms with Crippen molar-refractivity contribution < 1.29 is 35.9 Å². The van der Waals surface area contributed by atoms with Gasteiger partial charge in [0, 0.05) is 12.6 Å². The third-order valence-electron chi connectivity index (χ3n) is 4.51. The third kappa shape index (κ3) is 6.70. The van der Waals surface area contributed by atoms with Crippen LogP contribution >= 0.6 is 0 Å². The van der Waals surface area contributed by atoms with Crippen molar-refractivity contribution in [1.29, 1.82) is 0 Å². The van der Waals surface area contributed by atoms with E-state index in [0.29, 0.717) is 4.90 Å². The van der Waals surface area contributed by atoms with Gasteiger partial charge in [0.05, 0.1) is 10.5 Å². The minimum absolute atomic E-state index is 0.00459. The van der Waals surface area contributed by atoms with Gasteiger partial charge in [-0.3, -0.25) is 4.79 Å². The molecular formula is C18H23F3N2O5S. The molecule has 1 aromatic carbocycles. The zero-order valence-electron chi connectivity index (χ0n) is 16.0. The van der Waals surface area contributed by atoms with E-state index in [9.17, 15) is 31.2 Å². The topological polar surface area (TPSA) is 92.8 Å². The van der Waals surface area contributed by atoms with Crippen molar-refractivity contribution in [3.8, 4) is 0 Å². The Labute approximate surface area is 167 Å². The van der Waals surface area contributed by atoms with Gasteiger partial charge in [-0.05, 0) is 43.9 Å². The Morgan fingerprint density at radius 3 is 2.52 bits per heavy atom. The fourth-order valence-electron chi connectivity index (χ4n) is 2.84. The maximum atomic E-state index is 12.8. The Bertz CT molecular complexity index is 853. The van der Waals surface area contributed by atoms with Crippen LogP contribution in [-0.4, -0.2) is 57.1 Å². The number of esters is 1. The number of alkyl halides is 3. The van der Waals surface area contributed by atoms with Gasteiger partial charge in [-0.25, -0.2) is 17.9 Å². The van der Waals surface area contributed by atoms with E-state index in [1.54, 1.807) is 6.92 Å². The van der Waals surface area contributed by atoms with E-state index in [4.69, 9.17) is 4.74 Å². The van der Waals surface area contributed by atoms with E-state index >= 15 is 0 Å². The van der Waals surface area contributed by atoms with Crippen molar-refractivity contribution in [3.05, 3.63) is 29.8 Å². The minimum atomic E-state index is -4.57. The SMILES string of the molecule is CCNS(=O)(=O)c1cccc(C(=O)OCC(=O)N(CC(F)(F)F)C(C)C2CC2)c1. The van der Waals surface area contributed by atoms with Crippen molar-refractivity contribution in [3.63, 3.8) is 0 Å². The second-order valence-electron chi connectivity index (χ2n) is 6.82. The molecule has 162 valence electrons. The van der Waals surface area contributed by atoms with Crippen LogP contribution in [0.25, 0.3) is 0 Å². The first kappa shape index (κ1) is 23.1. The number of benzene rings is 1. The van der Waals surface area contributed by atoms with Crippen LogP contribution in [0.1, 0.15) is 37.0 Å². The van der Waals surface area contributed by atoms with E-state index in [1.807, 2.05) is 0 Å². The molecule has 0 aromatic heterocycles. The third-order valence-corrected chi connectivity index (χ3v) is 6.05. The molecule has 2 rings (SSSR count). The van der Waals surface area contributed by atoms with E-state index in [2.05, 4.69) is 4.72 Å². The number of carbonyl (C=O) groups is 2. The average molecular weight is 436 g/mol. The van der Waals surface area contributed by atoms with Crippen LogP contribution < -0.4 is 4.72 Å². The number of halogens is 3. The summed E-state index contributed by atoms with van der Waals surface area (Å²) in [7, 11) is -3.80. The van der Waals surface area contributed by atoms with Crippen LogP contribution in [0, 0.1) is 5.92 Å². The Hall–Kier alpha value is -2.14. The Morgan fingerprint density at radius 2 is 1.97 bits per heavy atom. The second-order valence-corrected chi connectivity index (χ2v) is 8.59. The summed E-state index contributed by atoms with van der Waals surface area (Å²) in [6.07, 6.45) is -3.08. The number of amides is 1. The summed E-state index contributed by atoms with van der Waals surface area (Å²) in [4.78, 5) is 25.0. The Kier molecular flexibility index (Phi) is 7.28. The molecule has 1 aliphatic carbocycles. The lowest BCUT2D eigenvalue weighted by Gasteiger charge is -2.30. The molecule has 1 saturated carbocycles. The van der Waals surface area contributed by atoms with E-state index < -0.39 is 47.3 Å². The van der Waals surface area contributed by atoms with Gasteiger partial charge in [0.1, 0.15) is 6.54 Å². The molecule has 0 heterocycles. The lowest BCUT2D eigenvalue weighted by molar-refractivity contribution is -0.167. The highest BCUT2D eigenvalue weighted by molar-refractivity contribution is 7.89. The molecule has 1 unspecified atom stereocenters. The van der Waals surface area contributed by atoms with Gasteiger partial charge in [0.25, 0.3) is 5.91 Å². The number of ether oxygens (including phenoxy) is 1. The molecule has 1 atom stereocenters. The zero-order chi connectivity index (χ0) is 21.8. The van der Waals surface area contributed by atoms with Crippen molar-refractivity contribution in [1.82, 2.24) is 9.62 Å². The number of hydrogen-bond acceptors (Lipinski definition) is 5. The molecule has 0 aliphatic heterocycles. The molecule has 0 spiro atoms. The number of rotatable bonds is 9. The number of nitrogens with zero attached hydrogens (tertiary/aromatic N) is 1. The molecule has 1 aromatic rings. The summed E-state index contributed by atoms with van der Waals surface area (Å²) in [5, 5.41) is 0. The van der Waals surface area contributed by atoms with E-state index in [-0.39, 0.29) is 22.9 Å². The Balaban J connectivity index is 2.05.